The van der Waals surface area contributed by atoms with Gasteiger partial charge in [0.2, 0.25) is 0 Å². The third-order valence-corrected chi connectivity index (χ3v) is 2.31. The van der Waals surface area contributed by atoms with E-state index in [1.165, 1.54) is 0 Å². The van der Waals surface area contributed by atoms with Gasteiger partial charge in [0.05, 0.1) is 11.6 Å². The smallest absolute Gasteiger partial charge is 0.296 e. The van der Waals surface area contributed by atoms with Gasteiger partial charge < -0.3 is 5.32 Å². The van der Waals surface area contributed by atoms with Gasteiger partial charge in [0.1, 0.15) is 0 Å². The van der Waals surface area contributed by atoms with E-state index in [9.17, 15) is 4.79 Å². The standard InChI is InChI=1S/C11H9ClN4O/c1-2-3-11(17)13-6-10-15-14-9-5-4-8(12)7-16(9)10/h4-5,7H,6H2,1H3,(H,13,17). The Morgan fingerprint density at radius 1 is 1.53 bits per heavy atom. The Hall–Kier alpha value is -2.06. The number of nitrogens with one attached hydrogen (secondary N) is 1. The summed E-state index contributed by atoms with van der Waals surface area (Å²) < 4.78 is 1.72. The normalized spacial score (nSPS) is 9.76. The third-order valence-electron chi connectivity index (χ3n) is 2.08. The second-order valence-electron chi connectivity index (χ2n) is 3.25. The van der Waals surface area contributed by atoms with Gasteiger partial charge in [-0.05, 0) is 25.0 Å². The van der Waals surface area contributed by atoms with Crippen molar-refractivity contribution in [1.82, 2.24) is 19.9 Å². The number of fused-ring (bicyclic) bond motifs is 1. The monoisotopic (exact) mass is 248 g/mol. The molecule has 0 unspecified atom stereocenters. The molecule has 0 aliphatic carbocycles. The van der Waals surface area contributed by atoms with Gasteiger partial charge in [-0.15, -0.1) is 10.2 Å². The lowest BCUT2D eigenvalue weighted by atomic mass is 10.4. The Morgan fingerprint density at radius 3 is 3.12 bits per heavy atom. The molecule has 0 bridgehead atoms. The number of hydrogen-bond donors (Lipinski definition) is 1. The minimum absolute atomic E-state index is 0.259. The molecule has 2 rings (SSSR count). The number of amides is 1. The fraction of sp³-hybridized carbons (Fsp3) is 0.182. The molecule has 0 aliphatic heterocycles. The number of carbonyl (C=O) groups excluding carboxylic acids is 1. The Bertz CT molecular complexity index is 623. The summed E-state index contributed by atoms with van der Waals surface area (Å²) in [4.78, 5) is 11.2. The number of nitrogens with zero attached hydrogens (tertiary/aromatic N) is 3. The molecule has 5 nitrogen and oxygen atoms in total. The topological polar surface area (TPSA) is 59.3 Å². The van der Waals surface area contributed by atoms with E-state index in [2.05, 4.69) is 27.4 Å². The van der Waals surface area contributed by atoms with Crippen LogP contribution in [0.5, 0.6) is 0 Å². The van der Waals surface area contributed by atoms with Crippen LogP contribution in [0.1, 0.15) is 12.7 Å². The summed E-state index contributed by atoms with van der Waals surface area (Å²) in [7, 11) is 0. The lowest BCUT2D eigenvalue weighted by molar-refractivity contribution is -0.115. The van der Waals surface area contributed by atoms with Crippen LogP contribution < -0.4 is 5.32 Å². The van der Waals surface area contributed by atoms with Crippen molar-refractivity contribution in [3.63, 3.8) is 0 Å². The van der Waals surface area contributed by atoms with Gasteiger partial charge >= 0.3 is 0 Å². The van der Waals surface area contributed by atoms with Gasteiger partial charge in [0.25, 0.3) is 5.91 Å². The molecular formula is C11H9ClN4O. The molecule has 0 radical (unpaired) electrons. The van der Waals surface area contributed by atoms with Crippen molar-refractivity contribution >= 4 is 23.2 Å². The maximum absolute atomic E-state index is 11.2. The van der Waals surface area contributed by atoms with E-state index in [1.807, 2.05) is 0 Å². The van der Waals surface area contributed by atoms with E-state index in [4.69, 9.17) is 11.6 Å². The van der Waals surface area contributed by atoms with Gasteiger partial charge in [-0.3, -0.25) is 9.20 Å². The molecule has 6 heteroatoms. The summed E-state index contributed by atoms with van der Waals surface area (Å²) in [6.07, 6.45) is 1.70. The zero-order valence-corrected chi connectivity index (χ0v) is 9.82. The highest BCUT2D eigenvalue weighted by molar-refractivity contribution is 6.30. The molecule has 0 fully saturated rings. The van der Waals surface area contributed by atoms with E-state index in [1.54, 1.807) is 29.7 Å². The van der Waals surface area contributed by atoms with Crippen LogP contribution in [-0.4, -0.2) is 20.5 Å². The summed E-state index contributed by atoms with van der Waals surface area (Å²) in [6.45, 7) is 1.86. The van der Waals surface area contributed by atoms with Crippen molar-refractivity contribution in [2.45, 2.75) is 13.5 Å². The van der Waals surface area contributed by atoms with E-state index >= 15 is 0 Å². The second-order valence-corrected chi connectivity index (χ2v) is 3.69. The van der Waals surface area contributed by atoms with Crippen molar-refractivity contribution in [3.05, 3.63) is 29.2 Å². The maximum Gasteiger partial charge on any atom is 0.296 e. The maximum atomic E-state index is 11.2. The van der Waals surface area contributed by atoms with Gasteiger partial charge in [0.15, 0.2) is 11.5 Å². The van der Waals surface area contributed by atoms with Crippen LogP contribution >= 0.6 is 11.6 Å². The van der Waals surface area contributed by atoms with Crippen molar-refractivity contribution in [2.75, 3.05) is 0 Å². The fourth-order valence-electron chi connectivity index (χ4n) is 1.35. The largest absolute Gasteiger partial charge is 0.338 e. The first-order valence-corrected chi connectivity index (χ1v) is 5.28. The molecule has 1 N–H and O–H groups in total. The highest BCUT2D eigenvalue weighted by Crippen LogP contribution is 2.11. The predicted octanol–water partition coefficient (Wildman–Crippen LogP) is 1.02. The number of aromatic nitrogens is 3. The summed E-state index contributed by atoms with van der Waals surface area (Å²) in [5.74, 6) is 5.17. The van der Waals surface area contributed by atoms with Crippen LogP contribution in [0.3, 0.4) is 0 Å². The summed E-state index contributed by atoms with van der Waals surface area (Å²) >= 11 is 5.87. The molecule has 0 aromatic carbocycles. The predicted molar refractivity (Wildman–Crippen MR) is 63.3 cm³/mol. The molecule has 0 aliphatic rings. The third kappa shape index (κ3) is 2.55. The quantitative estimate of drug-likeness (QED) is 0.808. The molecule has 1 amide bonds. The van der Waals surface area contributed by atoms with E-state index in [0.717, 1.165) is 0 Å². The highest BCUT2D eigenvalue weighted by atomic mass is 35.5. The zero-order chi connectivity index (χ0) is 12.3. The van der Waals surface area contributed by atoms with Gasteiger partial charge in [-0.25, -0.2) is 0 Å². The Kier molecular flexibility index (Phi) is 3.26. The number of carbonyl (C=O) groups is 1. The lowest BCUT2D eigenvalue weighted by Crippen LogP contribution is -2.22. The van der Waals surface area contributed by atoms with Crippen LogP contribution in [0, 0.1) is 11.8 Å². The average Bonchev–Trinajstić information content (AvgIpc) is 2.69. The van der Waals surface area contributed by atoms with Crippen LogP contribution in [0.4, 0.5) is 0 Å². The Morgan fingerprint density at radius 2 is 2.35 bits per heavy atom. The number of halogens is 1. The minimum Gasteiger partial charge on any atom is -0.338 e. The highest BCUT2D eigenvalue weighted by Gasteiger charge is 2.06. The molecule has 2 aromatic rings. The van der Waals surface area contributed by atoms with Crippen LogP contribution in [0.2, 0.25) is 5.02 Å². The molecule has 17 heavy (non-hydrogen) atoms. The molecule has 0 atom stereocenters. The van der Waals surface area contributed by atoms with E-state index < -0.39 is 0 Å². The van der Waals surface area contributed by atoms with Crippen molar-refractivity contribution in [2.24, 2.45) is 0 Å². The Labute approximate surface area is 103 Å². The summed E-state index contributed by atoms with van der Waals surface area (Å²) in [5, 5.41) is 11.1. The van der Waals surface area contributed by atoms with Crippen molar-refractivity contribution in [1.29, 1.82) is 0 Å². The molecule has 2 heterocycles. The van der Waals surface area contributed by atoms with Crippen molar-refractivity contribution in [3.8, 4) is 11.8 Å². The molecule has 2 aromatic heterocycles. The number of pyridine rings is 1. The van der Waals surface area contributed by atoms with E-state index in [-0.39, 0.29) is 12.5 Å². The zero-order valence-electron chi connectivity index (χ0n) is 9.07. The first-order chi connectivity index (χ1) is 8.20. The van der Waals surface area contributed by atoms with Crippen LogP contribution in [-0.2, 0) is 11.3 Å². The average molecular weight is 249 g/mol. The fourth-order valence-corrected chi connectivity index (χ4v) is 1.51. The van der Waals surface area contributed by atoms with Crippen molar-refractivity contribution < 1.29 is 4.79 Å². The van der Waals surface area contributed by atoms with Gasteiger partial charge in [-0.2, -0.15) is 0 Å². The molecule has 0 saturated heterocycles. The first-order valence-electron chi connectivity index (χ1n) is 4.90. The minimum atomic E-state index is -0.341. The lowest BCUT2D eigenvalue weighted by Gasteiger charge is -2.00. The summed E-state index contributed by atoms with van der Waals surface area (Å²) in [6, 6.07) is 3.49. The SMILES string of the molecule is CC#CC(=O)NCc1nnc2ccc(Cl)cn12. The molecular weight excluding hydrogens is 240 g/mol. The molecule has 0 saturated carbocycles. The molecule has 86 valence electrons. The van der Waals surface area contributed by atoms with E-state index in [0.29, 0.717) is 16.5 Å². The van der Waals surface area contributed by atoms with Crippen LogP contribution in [0.15, 0.2) is 18.3 Å². The Balaban J connectivity index is 2.20. The van der Waals surface area contributed by atoms with Gasteiger partial charge in [0, 0.05) is 6.20 Å². The second kappa shape index (κ2) is 4.85. The first kappa shape index (κ1) is 11.4. The van der Waals surface area contributed by atoms with Crippen LogP contribution in [0.25, 0.3) is 5.65 Å². The summed E-state index contributed by atoms with van der Waals surface area (Å²) in [5.41, 5.74) is 0.681. The number of rotatable bonds is 2. The number of hydrogen-bond acceptors (Lipinski definition) is 3. The van der Waals surface area contributed by atoms with Gasteiger partial charge in [-0.1, -0.05) is 17.5 Å². The molecule has 0 spiro atoms.